The van der Waals surface area contributed by atoms with Gasteiger partial charge in [-0.25, -0.2) is 0 Å². The lowest BCUT2D eigenvalue weighted by Gasteiger charge is -2.31. The Kier molecular flexibility index (Phi) is 6.46. The maximum atomic E-state index is 11.1. The molecule has 0 atom stereocenters. The van der Waals surface area contributed by atoms with Crippen molar-refractivity contribution < 1.29 is 9.90 Å². The van der Waals surface area contributed by atoms with E-state index in [2.05, 4.69) is 45.2 Å². The summed E-state index contributed by atoms with van der Waals surface area (Å²) >= 11 is 0. The Morgan fingerprint density at radius 1 is 1.09 bits per heavy atom. The number of likely N-dealkylation sites (tertiary alicyclic amines) is 1. The van der Waals surface area contributed by atoms with Gasteiger partial charge in [0, 0.05) is 31.6 Å². The molecule has 0 saturated carbocycles. The fourth-order valence-electron chi connectivity index (χ4n) is 5.48. The van der Waals surface area contributed by atoms with Gasteiger partial charge >= 0.3 is 5.97 Å². The Labute approximate surface area is 190 Å². The molecule has 3 aliphatic heterocycles. The van der Waals surface area contributed by atoms with Gasteiger partial charge in [-0.05, 0) is 75.2 Å². The molecule has 1 aromatic heterocycles. The Hall–Kier alpha value is -2.38. The molecule has 7 heteroatoms. The molecule has 3 fully saturated rings. The lowest BCUT2D eigenvalue weighted by Crippen LogP contribution is -2.38. The highest BCUT2D eigenvalue weighted by Gasteiger charge is 2.27. The minimum Gasteiger partial charge on any atom is -0.480 e. The van der Waals surface area contributed by atoms with Crippen LogP contribution in [0.5, 0.6) is 0 Å². The van der Waals surface area contributed by atoms with E-state index < -0.39 is 5.97 Å². The van der Waals surface area contributed by atoms with Crippen LogP contribution >= 0.6 is 0 Å². The third kappa shape index (κ3) is 4.69. The number of rotatable bonds is 6. The van der Waals surface area contributed by atoms with Gasteiger partial charge in [-0.1, -0.05) is 18.2 Å². The van der Waals surface area contributed by atoms with Gasteiger partial charge < -0.3 is 15.3 Å². The van der Waals surface area contributed by atoms with E-state index in [1.54, 1.807) is 0 Å². The fraction of sp³-hybridized carbons (Fsp3) is 0.600. The van der Waals surface area contributed by atoms with Gasteiger partial charge in [0.1, 0.15) is 0 Å². The minimum absolute atomic E-state index is 0.137. The fourth-order valence-corrected chi connectivity index (χ4v) is 5.48. The van der Waals surface area contributed by atoms with E-state index in [9.17, 15) is 4.79 Å². The van der Waals surface area contributed by atoms with Crippen LogP contribution in [0.2, 0.25) is 0 Å². The normalized spacial score (nSPS) is 21.8. The molecule has 7 nitrogen and oxygen atoms in total. The number of piperidine rings is 2. The van der Waals surface area contributed by atoms with E-state index in [-0.39, 0.29) is 6.54 Å². The minimum atomic E-state index is -0.741. The van der Waals surface area contributed by atoms with E-state index in [1.807, 2.05) is 4.90 Å². The first kappa shape index (κ1) is 21.5. The zero-order valence-electron chi connectivity index (χ0n) is 18.9. The van der Waals surface area contributed by atoms with Crippen molar-refractivity contribution in [1.29, 1.82) is 0 Å². The molecule has 3 aliphatic rings. The standard InChI is InChI=1S/C25H35N5O2/c31-24(32)18-28-15-9-21(10-16-28)30-23-6-5-20(4-3-19-7-11-26-12-8-19)17-22(23)25(27-30)29-13-1-2-14-29/h3-6,17,19,21,26H,1-2,7-16,18H2,(H,31,32). The Bertz CT molecular complexity index is 964. The molecule has 32 heavy (non-hydrogen) atoms. The van der Waals surface area contributed by atoms with Crippen molar-refractivity contribution in [2.45, 2.75) is 44.6 Å². The number of benzene rings is 1. The molecular weight excluding hydrogens is 402 g/mol. The monoisotopic (exact) mass is 437 g/mol. The van der Waals surface area contributed by atoms with E-state index in [0.29, 0.717) is 12.0 Å². The highest BCUT2D eigenvalue weighted by Crippen LogP contribution is 2.34. The van der Waals surface area contributed by atoms with E-state index >= 15 is 0 Å². The van der Waals surface area contributed by atoms with Gasteiger partial charge in [0.15, 0.2) is 5.82 Å². The molecule has 3 saturated heterocycles. The quantitative estimate of drug-likeness (QED) is 0.722. The Morgan fingerprint density at radius 3 is 2.56 bits per heavy atom. The lowest BCUT2D eigenvalue weighted by molar-refractivity contribution is -0.138. The first-order valence-electron chi connectivity index (χ1n) is 12.3. The van der Waals surface area contributed by atoms with Crippen LogP contribution in [0.1, 0.15) is 50.1 Å². The maximum absolute atomic E-state index is 11.1. The van der Waals surface area contributed by atoms with Crippen molar-refractivity contribution in [3.05, 3.63) is 29.8 Å². The molecular formula is C25H35N5O2. The van der Waals surface area contributed by atoms with Crippen molar-refractivity contribution in [1.82, 2.24) is 20.0 Å². The zero-order valence-corrected chi connectivity index (χ0v) is 18.9. The van der Waals surface area contributed by atoms with Crippen molar-refractivity contribution in [3.8, 4) is 0 Å². The summed E-state index contributed by atoms with van der Waals surface area (Å²) in [6.07, 6.45) is 11.5. The second kappa shape index (κ2) is 9.63. The van der Waals surface area contributed by atoms with Crippen LogP contribution in [0.25, 0.3) is 17.0 Å². The van der Waals surface area contributed by atoms with Crippen LogP contribution in [-0.2, 0) is 4.79 Å². The molecule has 5 rings (SSSR count). The number of carbonyl (C=O) groups is 1. The third-order valence-corrected chi connectivity index (χ3v) is 7.32. The van der Waals surface area contributed by atoms with Gasteiger partial charge in [0.2, 0.25) is 0 Å². The SMILES string of the molecule is O=C(O)CN1CCC(n2nc(N3CCCC3)c3cc(C=CC4CCNCC4)ccc32)CC1. The number of aromatic nitrogens is 2. The van der Waals surface area contributed by atoms with Crippen molar-refractivity contribution >= 4 is 28.8 Å². The number of carboxylic acid groups (broad SMARTS) is 1. The first-order valence-corrected chi connectivity index (χ1v) is 12.3. The van der Waals surface area contributed by atoms with Crippen LogP contribution in [0.4, 0.5) is 5.82 Å². The number of hydrogen-bond donors (Lipinski definition) is 2. The van der Waals surface area contributed by atoms with Gasteiger partial charge in [0.05, 0.1) is 18.1 Å². The number of nitrogens with one attached hydrogen (secondary N) is 1. The van der Waals surface area contributed by atoms with Crippen LogP contribution < -0.4 is 10.2 Å². The molecule has 2 aromatic rings. The van der Waals surface area contributed by atoms with Gasteiger partial charge in [-0.2, -0.15) is 5.10 Å². The molecule has 0 amide bonds. The molecule has 0 radical (unpaired) electrons. The summed E-state index contributed by atoms with van der Waals surface area (Å²) in [6, 6.07) is 7.12. The average molecular weight is 438 g/mol. The number of allylic oxidation sites excluding steroid dienone is 1. The largest absolute Gasteiger partial charge is 0.480 e. The topological polar surface area (TPSA) is 73.6 Å². The van der Waals surface area contributed by atoms with Crippen molar-refractivity contribution in [2.24, 2.45) is 5.92 Å². The smallest absolute Gasteiger partial charge is 0.317 e. The van der Waals surface area contributed by atoms with Gasteiger partial charge in [-0.3, -0.25) is 14.4 Å². The summed E-state index contributed by atoms with van der Waals surface area (Å²) in [4.78, 5) is 15.5. The first-order chi connectivity index (χ1) is 15.7. The molecule has 0 spiro atoms. The second-order valence-electron chi connectivity index (χ2n) is 9.59. The van der Waals surface area contributed by atoms with Gasteiger partial charge in [0.25, 0.3) is 0 Å². The van der Waals surface area contributed by atoms with Crippen LogP contribution in [0, 0.1) is 5.92 Å². The highest BCUT2D eigenvalue weighted by molar-refractivity contribution is 5.92. The summed E-state index contributed by atoms with van der Waals surface area (Å²) in [5.74, 6) is 1.06. The van der Waals surface area contributed by atoms with Crippen molar-refractivity contribution in [2.75, 3.05) is 50.7 Å². The summed E-state index contributed by atoms with van der Waals surface area (Å²) < 4.78 is 2.24. The predicted molar refractivity (Wildman–Crippen MR) is 128 cm³/mol. The Morgan fingerprint density at radius 2 is 1.84 bits per heavy atom. The van der Waals surface area contributed by atoms with Crippen LogP contribution in [0.3, 0.4) is 0 Å². The second-order valence-corrected chi connectivity index (χ2v) is 9.59. The number of aliphatic carboxylic acids is 1. The molecule has 4 heterocycles. The molecule has 172 valence electrons. The molecule has 0 aliphatic carbocycles. The maximum Gasteiger partial charge on any atom is 0.317 e. The van der Waals surface area contributed by atoms with Crippen LogP contribution in [-0.4, -0.2) is 71.6 Å². The summed E-state index contributed by atoms with van der Waals surface area (Å²) in [7, 11) is 0. The zero-order chi connectivity index (χ0) is 21.9. The molecule has 0 unspecified atom stereocenters. The van der Waals surface area contributed by atoms with E-state index in [1.165, 1.54) is 42.1 Å². The highest BCUT2D eigenvalue weighted by atomic mass is 16.4. The summed E-state index contributed by atoms with van der Waals surface area (Å²) in [5, 5.41) is 18.9. The third-order valence-electron chi connectivity index (χ3n) is 7.32. The molecule has 2 N–H and O–H groups in total. The molecule has 1 aromatic carbocycles. The predicted octanol–water partition coefficient (Wildman–Crippen LogP) is 3.37. The van der Waals surface area contributed by atoms with Gasteiger partial charge in [-0.15, -0.1) is 0 Å². The Balaban J connectivity index is 1.41. The summed E-state index contributed by atoms with van der Waals surface area (Å²) in [5.41, 5.74) is 2.47. The number of hydrogen-bond acceptors (Lipinski definition) is 5. The van der Waals surface area contributed by atoms with E-state index in [0.717, 1.165) is 57.9 Å². The van der Waals surface area contributed by atoms with E-state index in [4.69, 9.17) is 10.2 Å². The van der Waals surface area contributed by atoms with Crippen molar-refractivity contribution in [3.63, 3.8) is 0 Å². The molecule has 0 bridgehead atoms. The number of carboxylic acids is 1. The number of nitrogens with zero attached hydrogens (tertiary/aromatic N) is 4. The average Bonchev–Trinajstić information content (AvgIpc) is 3.46. The lowest BCUT2D eigenvalue weighted by atomic mass is 9.97. The number of anilines is 1. The number of fused-ring (bicyclic) bond motifs is 1. The van der Waals surface area contributed by atoms with Crippen LogP contribution in [0.15, 0.2) is 24.3 Å². The summed E-state index contributed by atoms with van der Waals surface area (Å²) in [6.45, 7) is 6.16.